The second kappa shape index (κ2) is 8.62. The van der Waals surface area contributed by atoms with Gasteiger partial charge in [0.1, 0.15) is 23.3 Å². The van der Waals surface area contributed by atoms with E-state index in [1.54, 1.807) is 54.6 Å². The van der Waals surface area contributed by atoms with E-state index in [1.807, 2.05) is 13.8 Å². The topological polar surface area (TPSA) is 98.4 Å². The molecule has 1 unspecified atom stereocenters. The Labute approximate surface area is 196 Å². The van der Waals surface area contributed by atoms with Crippen LogP contribution in [0.1, 0.15) is 36.8 Å². The third-order valence-electron chi connectivity index (χ3n) is 5.64. The standard InChI is InChI=1S/C26H23NO7/c1-15(2)34-18-8-6-17(7-9-18)24(28)22-23(20-4-3-11-31-20)27(26(30)25(22)29)13-16-5-10-19-21(12-16)33-14-32-19/h3-12,15,23,28H,13-14H2,1-2H3/b24-22-. The number of hydrogen-bond acceptors (Lipinski definition) is 7. The van der Waals surface area contributed by atoms with Crippen LogP contribution in [0.3, 0.4) is 0 Å². The lowest BCUT2D eigenvalue weighted by atomic mass is 9.99. The molecule has 8 heteroatoms. The number of carbonyl (C=O) groups is 2. The average molecular weight is 461 g/mol. The van der Waals surface area contributed by atoms with E-state index >= 15 is 0 Å². The van der Waals surface area contributed by atoms with Crippen LogP contribution in [0.2, 0.25) is 0 Å². The zero-order chi connectivity index (χ0) is 23.8. The van der Waals surface area contributed by atoms with Gasteiger partial charge < -0.3 is 28.6 Å². The van der Waals surface area contributed by atoms with E-state index < -0.39 is 17.7 Å². The number of nitrogens with zero attached hydrogens (tertiary/aromatic N) is 1. The van der Waals surface area contributed by atoms with Crippen molar-refractivity contribution in [2.75, 3.05) is 6.79 Å². The van der Waals surface area contributed by atoms with Gasteiger partial charge in [0.15, 0.2) is 11.5 Å². The summed E-state index contributed by atoms with van der Waals surface area (Å²) in [6.07, 6.45) is 1.47. The number of furan rings is 1. The van der Waals surface area contributed by atoms with Crippen molar-refractivity contribution in [3.63, 3.8) is 0 Å². The Morgan fingerprint density at radius 1 is 1.09 bits per heavy atom. The van der Waals surface area contributed by atoms with Crippen LogP contribution >= 0.6 is 0 Å². The summed E-state index contributed by atoms with van der Waals surface area (Å²) in [5, 5.41) is 11.1. The van der Waals surface area contributed by atoms with Gasteiger partial charge >= 0.3 is 0 Å². The molecule has 2 aliphatic heterocycles. The molecule has 0 saturated carbocycles. The molecule has 8 nitrogen and oxygen atoms in total. The SMILES string of the molecule is CC(C)Oc1ccc(/C(O)=C2/C(=O)C(=O)N(Cc3ccc4c(c3)OCO4)C2c2ccco2)cc1. The summed E-state index contributed by atoms with van der Waals surface area (Å²) < 4.78 is 22.0. The Bertz CT molecular complexity index is 1260. The highest BCUT2D eigenvalue weighted by Gasteiger charge is 2.47. The summed E-state index contributed by atoms with van der Waals surface area (Å²) in [6, 6.07) is 14.5. The van der Waals surface area contributed by atoms with Crippen molar-refractivity contribution in [3.8, 4) is 17.2 Å². The molecule has 1 aromatic heterocycles. The Balaban J connectivity index is 1.53. The molecule has 0 spiro atoms. The maximum absolute atomic E-state index is 13.1. The molecule has 3 heterocycles. The summed E-state index contributed by atoms with van der Waals surface area (Å²) in [5.74, 6) is 0.441. The number of carbonyl (C=O) groups excluding carboxylic acids is 2. The molecular weight excluding hydrogens is 438 g/mol. The first-order valence-corrected chi connectivity index (χ1v) is 10.9. The summed E-state index contributed by atoms with van der Waals surface area (Å²) in [7, 11) is 0. The van der Waals surface area contributed by atoms with Gasteiger partial charge in [-0.25, -0.2) is 0 Å². The van der Waals surface area contributed by atoms with Gasteiger partial charge in [-0.05, 0) is 67.9 Å². The lowest BCUT2D eigenvalue weighted by molar-refractivity contribution is -0.140. The van der Waals surface area contributed by atoms with E-state index in [4.69, 9.17) is 18.6 Å². The predicted octanol–water partition coefficient (Wildman–Crippen LogP) is 4.42. The van der Waals surface area contributed by atoms with Gasteiger partial charge in [0, 0.05) is 12.1 Å². The van der Waals surface area contributed by atoms with E-state index in [-0.39, 0.29) is 30.8 Å². The second-order valence-corrected chi connectivity index (χ2v) is 8.32. The number of amides is 1. The summed E-state index contributed by atoms with van der Waals surface area (Å²) in [4.78, 5) is 27.6. The maximum atomic E-state index is 13.1. The molecule has 5 rings (SSSR count). The fourth-order valence-electron chi connectivity index (χ4n) is 4.14. The Morgan fingerprint density at radius 2 is 1.85 bits per heavy atom. The van der Waals surface area contributed by atoms with Crippen LogP contribution in [0.5, 0.6) is 17.2 Å². The van der Waals surface area contributed by atoms with E-state index in [0.717, 1.165) is 5.56 Å². The highest BCUT2D eigenvalue weighted by atomic mass is 16.7. The van der Waals surface area contributed by atoms with E-state index in [0.29, 0.717) is 28.6 Å². The van der Waals surface area contributed by atoms with Gasteiger partial charge in [0.2, 0.25) is 6.79 Å². The van der Waals surface area contributed by atoms with Crippen LogP contribution in [0.15, 0.2) is 70.9 Å². The lowest BCUT2D eigenvalue weighted by Crippen LogP contribution is -2.29. The molecule has 0 bridgehead atoms. The molecular formula is C26H23NO7. The fraction of sp³-hybridized carbons (Fsp3) is 0.231. The first kappa shape index (κ1) is 21.6. The van der Waals surface area contributed by atoms with Crippen molar-refractivity contribution < 1.29 is 33.3 Å². The lowest BCUT2D eigenvalue weighted by Gasteiger charge is -2.23. The molecule has 2 aromatic carbocycles. The van der Waals surface area contributed by atoms with Crippen LogP contribution in [-0.4, -0.2) is 34.6 Å². The van der Waals surface area contributed by atoms with Crippen LogP contribution in [-0.2, 0) is 16.1 Å². The van der Waals surface area contributed by atoms with Gasteiger partial charge in [-0.2, -0.15) is 0 Å². The molecule has 0 radical (unpaired) electrons. The smallest absolute Gasteiger partial charge is 0.296 e. The highest BCUT2D eigenvalue weighted by molar-refractivity contribution is 6.46. The van der Waals surface area contributed by atoms with Crippen LogP contribution in [0, 0.1) is 0 Å². The molecule has 0 aliphatic carbocycles. The Kier molecular flexibility index (Phi) is 5.49. The summed E-state index contributed by atoms with van der Waals surface area (Å²) >= 11 is 0. The van der Waals surface area contributed by atoms with E-state index in [9.17, 15) is 14.7 Å². The van der Waals surface area contributed by atoms with E-state index in [2.05, 4.69) is 0 Å². The van der Waals surface area contributed by atoms with Crippen molar-refractivity contribution in [1.29, 1.82) is 0 Å². The van der Waals surface area contributed by atoms with Crippen molar-refractivity contribution in [2.45, 2.75) is 32.5 Å². The van der Waals surface area contributed by atoms with Crippen LogP contribution in [0.25, 0.3) is 5.76 Å². The number of hydrogen-bond donors (Lipinski definition) is 1. The molecule has 3 aromatic rings. The molecule has 1 amide bonds. The number of rotatable bonds is 6. The molecule has 1 fully saturated rings. The Hall–Kier alpha value is -4.20. The number of ketones is 1. The van der Waals surface area contributed by atoms with Gasteiger partial charge in [-0.3, -0.25) is 9.59 Å². The zero-order valence-electron chi connectivity index (χ0n) is 18.7. The second-order valence-electron chi connectivity index (χ2n) is 8.32. The summed E-state index contributed by atoms with van der Waals surface area (Å²) in [6.45, 7) is 4.08. The van der Waals surface area contributed by atoms with Gasteiger partial charge in [-0.15, -0.1) is 0 Å². The van der Waals surface area contributed by atoms with Crippen molar-refractivity contribution >= 4 is 17.4 Å². The minimum absolute atomic E-state index is 0.0000893. The number of Topliss-reactive ketones (excluding diaryl/α,β-unsaturated/α-hetero) is 1. The predicted molar refractivity (Wildman–Crippen MR) is 121 cm³/mol. The third kappa shape index (κ3) is 3.87. The maximum Gasteiger partial charge on any atom is 0.296 e. The highest BCUT2D eigenvalue weighted by Crippen LogP contribution is 2.41. The number of aliphatic hydroxyl groups excluding tert-OH is 1. The molecule has 174 valence electrons. The van der Waals surface area contributed by atoms with Gasteiger partial charge in [-0.1, -0.05) is 6.07 Å². The zero-order valence-corrected chi connectivity index (χ0v) is 18.7. The van der Waals surface area contributed by atoms with Crippen molar-refractivity contribution in [1.82, 2.24) is 4.90 Å². The molecule has 1 saturated heterocycles. The Morgan fingerprint density at radius 3 is 2.56 bits per heavy atom. The summed E-state index contributed by atoms with van der Waals surface area (Å²) in [5.41, 5.74) is 1.12. The first-order valence-electron chi connectivity index (χ1n) is 10.9. The quantitative estimate of drug-likeness (QED) is 0.330. The number of ether oxygens (including phenoxy) is 3. The van der Waals surface area contributed by atoms with Crippen LogP contribution < -0.4 is 14.2 Å². The number of benzene rings is 2. The van der Waals surface area contributed by atoms with Crippen molar-refractivity contribution in [3.05, 3.63) is 83.3 Å². The van der Waals surface area contributed by atoms with Crippen LogP contribution in [0.4, 0.5) is 0 Å². The monoisotopic (exact) mass is 461 g/mol. The molecule has 1 atom stereocenters. The molecule has 2 aliphatic rings. The number of aliphatic hydroxyl groups is 1. The molecule has 1 N–H and O–H groups in total. The largest absolute Gasteiger partial charge is 0.507 e. The third-order valence-corrected chi connectivity index (χ3v) is 5.64. The minimum atomic E-state index is -0.882. The minimum Gasteiger partial charge on any atom is -0.507 e. The molecule has 34 heavy (non-hydrogen) atoms. The fourth-order valence-corrected chi connectivity index (χ4v) is 4.14. The van der Waals surface area contributed by atoms with Gasteiger partial charge in [0.05, 0.1) is 17.9 Å². The number of likely N-dealkylation sites (tertiary alicyclic amines) is 1. The first-order chi connectivity index (χ1) is 16.4. The van der Waals surface area contributed by atoms with E-state index in [1.165, 1.54) is 11.2 Å². The average Bonchev–Trinajstić information content (AvgIpc) is 3.56. The normalized spacial score (nSPS) is 18.7. The van der Waals surface area contributed by atoms with Crippen molar-refractivity contribution in [2.24, 2.45) is 0 Å². The van der Waals surface area contributed by atoms with Gasteiger partial charge in [0.25, 0.3) is 11.7 Å². The number of fused-ring (bicyclic) bond motifs is 1.